The van der Waals surface area contributed by atoms with Gasteiger partial charge in [-0.05, 0) is 45.4 Å². The summed E-state index contributed by atoms with van der Waals surface area (Å²) in [7, 11) is 0. The van der Waals surface area contributed by atoms with Gasteiger partial charge in [0.15, 0.2) is 5.78 Å². The summed E-state index contributed by atoms with van der Waals surface area (Å²) in [5.41, 5.74) is 0.895. The molecule has 1 aromatic carbocycles. The van der Waals surface area contributed by atoms with E-state index in [2.05, 4.69) is 17.0 Å². The van der Waals surface area contributed by atoms with Crippen LogP contribution in [0.2, 0.25) is 0 Å². The molecule has 0 N–H and O–H groups in total. The van der Waals surface area contributed by atoms with Crippen LogP contribution in [-0.2, 0) is 11.3 Å². The van der Waals surface area contributed by atoms with Gasteiger partial charge in [0.2, 0.25) is 0 Å². The topological polar surface area (TPSA) is 29.5 Å². The number of nitrogens with zero attached hydrogens (tertiary/aromatic N) is 1. The third-order valence-electron chi connectivity index (χ3n) is 3.75. The second-order valence-corrected chi connectivity index (χ2v) is 5.96. The number of carbonyl (C=O) groups is 1. The van der Waals surface area contributed by atoms with E-state index in [-0.39, 0.29) is 11.6 Å². The lowest BCUT2D eigenvalue weighted by molar-refractivity contribution is -0.123. The van der Waals surface area contributed by atoms with Crippen LogP contribution in [0.4, 0.5) is 0 Å². The molecule has 1 aromatic rings. The van der Waals surface area contributed by atoms with Crippen molar-refractivity contribution in [3.05, 3.63) is 29.8 Å². The van der Waals surface area contributed by atoms with Crippen LogP contribution in [-0.4, -0.2) is 28.9 Å². The molecule has 19 heavy (non-hydrogen) atoms. The van der Waals surface area contributed by atoms with Crippen molar-refractivity contribution in [1.29, 1.82) is 0 Å². The Balaban J connectivity index is 2.02. The summed E-state index contributed by atoms with van der Waals surface area (Å²) in [6.07, 6.45) is 0.864. The van der Waals surface area contributed by atoms with Crippen molar-refractivity contribution >= 4 is 5.78 Å². The Hall–Kier alpha value is -1.35. The zero-order valence-corrected chi connectivity index (χ0v) is 12.3. The fourth-order valence-corrected chi connectivity index (χ4v) is 2.44. The summed E-state index contributed by atoms with van der Waals surface area (Å²) < 4.78 is 5.63. The monoisotopic (exact) mass is 261 g/mol. The molecule has 1 fully saturated rings. The molecule has 104 valence electrons. The highest BCUT2D eigenvalue weighted by Gasteiger charge is 2.39. The van der Waals surface area contributed by atoms with Crippen LogP contribution in [0.25, 0.3) is 0 Å². The van der Waals surface area contributed by atoms with Crippen LogP contribution >= 0.6 is 0 Å². The summed E-state index contributed by atoms with van der Waals surface area (Å²) in [4.78, 5) is 14.1. The zero-order valence-electron chi connectivity index (χ0n) is 12.3. The second-order valence-electron chi connectivity index (χ2n) is 5.96. The fraction of sp³-hybridized carbons (Fsp3) is 0.562. The largest absolute Gasteiger partial charge is 0.491 e. The van der Waals surface area contributed by atoms with Crippen molar-refractivity contribution in [3.63, 3.8) is 0 Å². The number of carbonyl (C=O) groups excluding carboxylic acids is 1. The SMILES string of the molecule is CC(C)Oc1ccc(CN2CCC(=O)C2(C)C)cc1. The van der Waals surface area contributed by atoms with Gasteiger partial charge < -0.3 is 4.74 Å². The Morgan fingerprint density at radius 1 is 1.26 bits per heavy atom. The molecule has 0 aromatic heterocycles. The smallest absolute Gasteiger partial charge is 0.153 e. The van der Waals surface area contributed by atoms with E-state index in [1.165, 1.54) is 5.56 Å². The molecule has 0 radical (unpaired) electrons. The summed E-state index contributed by atoms with van der Waals surface area (Å²) >= 11 is 0. The first-order chi connectivity index (χ1) is 8.89. The number of ether oxygens (including phenoxy) is 1. The minimum Gasteiger partial charge on any atom is -0.491 e. The van der Waals surface area contributed by atoms with Crippen molar-refractivity contribution in [1.82, 2.24) is 4.90 Å². The van der Waals surface area contributed by atoms with E-state index in [0.29, 0.717) is 12.2 Å². The van der Waals surface area contributed by atoms with Gasteiger partial charge in [-0.3, -0.25) is 9.69 Å². The average Bonchev–Trinajstić information content (AvgIpc) is 2.58. The van der Waals surface area contributed by atoms with E-state index in [0.717, 1.165) is 18.8 Å². The molecule has 1 heterocycles. The predicted molar refractivity (Wildman–Crippen MR) is 76.3 cm³/mol. The molecule has 0 saturated carbocycles. The van der Waals surface area contributed by atoms with Gasteiger partial charge in [0.05, 0.1) is 11.6 Å². The quantitative estimate of drug-likeness (QED) is 0.834. The molecule has 1 saturated heterocycles. The molecule has 2 rings (SSSR count). The van der Waals surface area contributed by atoms with Crippen molar-refractivity contribution in [3.8, 4) is 5.75 Å². The number of benzene rings is 1. The van der Waals surface area contributed by atoms with Crippen LogP contribution in [0.5, 0.6) is 5.75 Å². The van der Waals surface area contributed by atoms with Gasteiger partial charge in [0, 0.05) is 19.5 Å². The van der Waals surface area contributed by atoms with Crippen molar-refractivity contribution in [2.75, 3.05) is 6.54 Å². The molecule has 0 bridgehead atoms. The van der Waals surface area contributed by atoms with Gasteiger partial charge in [-0.1, -0.05) is 12.1 Å². The van der Waals surface area contributed by atoms with E-state index in [4.69, 9.17) is 4.74 Å². The normalized spacial score (nSPS) is 19.1. The highest BCUT2D eigenvalue weighted by atomic mass is 16.5. The van der Waals surface area contributed by atoms with Gasteiger partial charge in [0.1, 0.15) is 5.75 Å². The van der Waals surface area contributed by atoms with Crippen LogP contribution in [0, 0.1) is 0 Å². The molecule has 0 aliphatic carbocycles. The Morgan fingerprint density at radius 2 is 1.89 bits per heavy atom. The van der Waals surface area contributed by atoms with Gasteiger partial charge >= 0.3 is 0 Å². The molecule has 3 heteroatoms. The Kier molecular flexibility index (Phi) is 3.95. The Bertz CT molecular complexity index is 448. The summed E-state index contributed by atoms with van der Waals surface area (Å²) in [5.74, 6) is 1.24. The van der Waals surface area contributed by atoms with E-state index in [1.54, 1.807) is 0 Å². The van der Waals surface area contributed by atoms with Gasteiger partial charge in [-0.2, -0.15) is 0 Å². The number of hydrogen-bond donors (Lipinski definition) is 0. The maximum absolute atomic E-state index is 11.8. The molecular formula is C16H23NO2. The first-order valence-electron chi connectivity index (χ1n) is 6.93. The maximum Gasteiger partial charge on any atom is 0.153 e. The highest BCUT2D eigenvalue weighted by molar-refractivity contribution is 5.89. The van der Waals surface area contributed by atoms with Crippen molar-refractivity contribution in [2.45, 2.75) is 52.3 Å². The molecule has 0 spiro atoms. The Morgan fingerprint density at radius 3 is 2.37 bits per heavy atom. The third-order valence-corrected chi connectivity index (χ3v) is 3.75. The van der Waals surface area contributed by atoms with E-state index in [9.17, 15) is 4.79 Å². The van der Waals surface area contributed by atoms with E-state index >= 15 is 0 Å². The number of hydrogen-bond acceptors (Lipinski definition) is 3. The third kappa shape index (κ3) is 3.16. The first kappa shape index (κ1) is 14.1. The lowest BCUT2D eigenvalue weighted by atomic mass is 10.00. The van der Waals surface area contributed by atoms with E-state index in [1.807, 2.05) is 39.8 Å². The number of Topliss-reactive ketones (excluding diaryl/α,β-unsaturated/α-hetero) is 1. The highest BCUT2D eigenvalue weighted by Crippen LogP contribution is 2.27. The van der Waals surface area contributed by atoms with Crippen molar-refractivity contribution in [2.24, 2.45) is 0 Å². The average molecular weight is 261 g/mol. The zero-order chi connectivity index (χ0) is 14.0. The minimum atomic E-state index is -0.326. The maximum atomic E-state index is 11.8. The number of likely N-dealkylation sites (tertiary alicyclic amines) is 1. The fourth-order valence-electron chi connectivity index (χ4n) is 2.44. The second kappa shape index (κ2) is 5.33. The molecule has 0 amide bonds. The molecule has 1 aliphatic rings. The number of ketones is 1. The molecule has 1 aliphatic heterocycles. The summed E-state index contributed by atoms with van der Waals surface area (Å²) in [6.45, 7) is 9.74. The summed E-state index contributed by atoms with van der Waals surface area (Å²) in [6, 6.07) is 8.16. The first-order valence-corrected chi connectivity index (χ1v) is 6.93. The van der Waals surface area contributed by atoms with Gasteiger partial charge in [-0.15, -0.1) is 0 Å². The van der Waals surface area contributed by atoms with Crippen LogP contribution in [0.15, 0.2) is 24.3 Å². The van der Waals surface area contributed by atoms with E-state index < -0.39 is 0 Å². The predicted octanol–water partition coefficient (Wildman–Crippen LogP) is 3.03. The molecule has 0 atom stereocenters. The number of rotatable bonds is 4. The van der Waals surface area contributed by atoms with Crippen molar-refractivity contribution < 1.29 is 9.53 Å². The van der Waals surface area contributed by atoms with Gasteiger partial charge in [0.25, 0.3) is 0 Å². The molecule has 0 unspecified atom stereocenters. The van der Waals surface area contributed by atoms with Crippen LogP contribution in [0.1, 0.15) is 39.7 Å². The lowest BCUT2D eigenvalue weighted by Gasteiger charge is -2.29. The Labute approximate surface area is 115 Å². The molecular weight excluding hydrogens is 238 g/mol. The summed E-state index contributed by atoms with van der Waals surface area (Å²) in [5, 5.41) is 0. The van der Waals surface area contributed by atoms with Crippen LogP contribution < -0.4 is 4.74 Å². The van der Waals surface area contributed by atoms with Crippen LogP contribution in [0.3, 0.4) is 0 Å². The lowest BCUT2D eigenvalue weighted by Crippen LogP contribution is -2.42. The minimum absolute atomic E-state index is 0.195. The standard InChI is InChI=1S/C16H23NO2/c1-12(2)19-14-7-5-13(6-8-14)11-17-10-9-15(18)16(17,3)4/h5-8,12H,9-11H2,1-4H3. The molecule has 3 nitrogen and oxygen atoms in total. The van der Waals surface area contributed by atoms with Gasteiger partial charge in [-0.25, -0.2) is 0 Å².